The lowest BCUT2D eigenvalue weighted by Crippen LogP contribution is -2.55. The minimum absolute atomic E-state index is 0.0887. The van der Waals surface area contributed by atoms with Crippen LogP contribution in [0.1, 0.15) is 52.9 Å². The Hall–Kier alpha value is -0.610. The summed E-state index contributed by atoms with van der Waals surface area (Å²) in [6.07, 6.45) is 5.09. The van der Waals surface area contributed by atoms with Crippen molar-refractivity contribution in [2.45, 2.75) is 64.5 Å². The van der Waals surface area contributed by atoms with Crippen LogP contribution in [0.2, 0.25) is 0 Å². The van der Waals surface area contributed by atoms with E-state index in [1.807, 2.05) is 6.92 Å². The molecule has 106 valence electrons. The number of nitrogens with two attached hydrogens (primary N) is 1. The number of carbonyl (C=O) groups excluding carboxylic acids is 1. The highest BCUT2D eigenvalue weighted by Gasteiger charge is 2.28. The number of ether oxygens (including phenoxy) is 1. The number of hydrogen-bond acceptors (Lipinski definition) is 3. The van der Waals surface area contributed by atoms with Crippen molar-refractivity contribution in [1.82, 2.24) is 5.32 Å². The fourth-order valence-corrected chi connectivity index (χ4v) is 2.14. The number of rotatable bonds is 6. The van der Waals surface area contributed by atoms with E-state index in [1.165, 1.54) is 6.42 Å². The van der Waals surface area contributed by atoms with Gasteiger partial charge < -0.3 is 15.8 Å². The summed E-state index contributed by atoms with van der Waals surface area (Å²) < 4.78 is 5.63. The van der Waals surface area contributed by atoms with Gasteiger partial charge >= 0.3 is 0 Å². The fraction of sp³-hybridized carbons (Fsp3) is 0.929. The molecule has 18 heavy (non-hydrogen) atoms. The molecule has 0 aromatic rings. The number of carbonyl (C=O) groups is 1. The molecule has 1 aliphatic heterocycles. The highest BCUT2D eigenvalue weighted by molar-refractivity contribution is 5.76. The van der Waals surface area contributed by atoms with E-state index in [1.54, 1.807) is 0 Å². The van der Waals surface area contributed by atoms with E-state index in [9.17, 15) is 4.79 Å². The van der Waals surface area contributed by atoms with Crippen molar-refractivity contribution in [3.05, 3.63) is 0 Å². The molecule has 1 saturated heterocycles. The van der Waals surface area contributed by atoms with E-state index in [4.69, 9.17) is 10.5 Å². The highest BCUT2D eigenvalue weighted by atomic mass is 16.5. The van der Waals surface area contributed by atoms with Crippen LogP contribution in [0.25, 0.3) is 0 Å². The molecular formula is C14H28N2O2. The first-order valence-corrected chi connectivity index (χ1v) is 7.10. The molecule has 2 atom stereocenters. The Kier molecular flexibility index (Phi) is 6.09. The van der Waals surface area contributed by atoms with Crippen LogP contribution in [0.15, 0.2) is 0 Å². The van der Waals surface area contributed by atoms with Gasteiger partial charge in [0.05, 0.1) is 11.6 Å². The second-order valence-electron chi connectivity index (χ2n) is 5.85. The second-order valence-corrected chi connectivity index (χ2v) is 5.85. The molecule has 3 N–H and O–H groups in total. The molecule has 0 radical (unpaired) electrons. The summed E-state index contributed by atoms with van der Waals surface area (Å²) in [6.45, 7) is 7.48. The monoisotopic (exact) mass is 256 g/mol. The molecule has 0 aromatic heterocycles. The van der Waals surface area contributed by atoms with E-state index in [0.29, 0.717) is 18.9 Å². The van der Waals surface area contributed by atoms with Crippen LogP contribution >= 0.6 is 0 Å². The van der Waals surface area contributed by atoms with E-state index in [0.717, 1.165) is 25.9 Å². The third-order valence-electron chi connectivity index (χ3n) is 4.09. The first-order chi connectivity index (χ1) is 8.48. The Morgan fingerprint density at radius 1 is 1.50 bits per heavy atom. The van der Waals surface area contributed by atoms with Gasteiger partial charge in [0.15, 0.2) is 0 Å². The van der Waals surface area contributed by atoms with Crippen molar-refractivity contribution in [2.75, 3.05) is 13.2 Å². The molecule has 4 heteroatoms. The van der Waals surface area contributed by atoms with Gasteiger partial charge in [-0.25, -0.2) is 0 Å². The zero-order valence-corrected chi connectivity index (χ0v) is 12.0. The lowest BCUT2D eigenvalue weighted by Gasteiger charge is -2.34. The Morgan fingerprint density at radius 3 is 2.72 bits per heavy atom. The molecule has 0 aromatic carbocycles. The first-order valence-electron chi connectivity index (χ1n) is 7.10. The SMILES string of the molecule is CC(C)C(C)(CN)NC(=O)CCC1CCCCO1. The molecule has 0 aliphatic carbocycles. The maximum absolute atomic E-state index is 11.9. The minimum atomic E-state index is -0.301. The smallest absolute Gasteiger partial charge is 0.220 e. The zero-order valence-electron chi connectivity index (χ0n) is 12.0. The van der Waals surface area contributed by atoms with E-state index in [2.05, 4.69) is 19.2 Å². The van der Waals surface area contributed by atoms with E-state index in [-0.39, 0.29) is 17.6 Å². The van der Waals surface area contributed by atoms with Gasteiger partial charge in [0, 0.05) is 19.6 Å². The van der Waals surface area contributed by atoms with E-state index < -0.39 is 0 Å². The lowest BCUT2D eigenvalue weighted by molar-refractivity contribution is -0.124. The molecule has 0 saturated carbocycles. The Bertz CT molecular complexity index is 263. The van der Waals surface area contributed by atoms with Crippen molar-refractivity contribution in [1.29, 1.82) is 0 Å². The van der Waals surface area contributed by atoms with Gasteiger partial charge in [0.25, 0.3) is 0 Å². The summed E-state index contributed by atoms with van der Waals surface area (Å²) in [5, 5.41) is 3.06. The van der Waals surface area contributed by atoms with Crippen molar-refractivity contribution in [2.24, 2.45) is 11.7 Å². The summed E-state index contributed by atoms with van der Waals surface area (Å²) in [5.74, 6) is 0.420. The summed E-state index contributed by atoms with van der Waals surface area (Å²) >= 11 is 0. The minimum Gasteiger partial charge on any atom is -0.378 e. The van der Waals surface area contributed by atoms with Crippen LogP contribution in [0.4, 0.5) is 0 Å². The molecule has 2 unspecified atom stereocenters. The third-order valence-corrected chi connectivity index (χ3v) is 4.09. The van der Waals surface area contributed by atoms with Gasteiger partial charge in [0.1, 0.15) is 0 Å². The Balaban J connectivity index is 2.31. The van der Waals surface area contributed by atoms with Gasteiger partial charge in [-0.3, -0.25) is 4.79 Å². The largest absolute Gasteiger partial charge is 0.378 e. The lowest BCUT2D eigenvalue weighted by atomic mass is 9.88. The average molecular weight is 256 g/mol. The predicted molar refractivity (Wildman–Crippen MR) is 73.3 cm³/mol. The highest BCUT2D eigenvalue weighted by Crippen LogP contribution is 2.18. The normalized spacial score (nSPS) is 23.7. The summed E-state index contributed by atoms with van der Waals surface area (Å²) in [5.41, 5.74) is 5.45. The van der Waals surface area contributed by atoms with Crippen LogP contribution in [-0.2, 0) is 9.53 Å². The maximum Gasteiger partial charge on any atom is 0.220 e. The van der Waals surface area contributed by atoms with Gasteiger partial charge in [-0.05, 0) is 38.5 Å². The third kappa shape index (κ3) is 4.58. The Morgan fingerprint density at radius 2 is 2.22 bits per heavy atom. The van der Waals surface area contributed by atoms with Gasteiger partial charge in [-0.15, -0.1) is 0 Å². The number of hydrogen-bond donors (Lipinski definition) is 2. The van der Waals surface area contributed by atoms with Crippen LogP contribution < -0.4 is 11.1 Å². The van der Waals surface area contributed by atoms with Crippen LogP contribution in [0.5, 0.6) is 0 Å². The predicted octanol–water partition coefficient (Wildman–Crippen LogP) is 1.83. The molecule has 1 rings (SSSR count). The summed E-state index contributed by atoms with van der Waals surface area (Å²) in [7, 11) is 0. The summed E-state index contributed by atoms with van der Waals surface area (Å²) in [4.78, 5) is 11.9. The standard InChI is InChI=1S/C14H28N2O2/c1-11(2)14(3,10-15)16-13(17)8-7-12-6-4-5-9-18-12/h11-12H,4-10,15H2,1-3H3,(H,16,17). The molecule has 1 aliphatic rings. The maximum atomic E-state index is 11.9. The molecular weight excluding hydrogens is 228 g/mol. The number of nitrogens with one attached hydrogen (secondary N) is 1. The van der Waals surface area contributed by atoms with Crippen LogP contribution in [0.3, 0.4) is 0 Å². The van der Waals surface area contributed by atoms with Crippen molar-refractivity contribution in [3.8, 4) is 0 Å². The quantitative estimate of drug-likeness (QED) is 0.762. The zero-order chi connectivity index (χ0) is 13.6. The number of amides is 1. The van der Waals surface area contributed by atoms with Crippen molar-refractivity contribution >= 4 is 5.91 Å². The summed E-state index contributed by atoms with van der Waals surface area (Å²) in [6, 6.07) is 0. The van der Waals surface area contributed by atoms with Crippen molar-refractivity contribution in [3.63, 3.8) is 0 Å². The molecule has 1 heterocycles. The van der Waals surface area contributed by atoms with E-state index >= 15 is 0 Å². The average Bonchev–Trinajstić information content (AvgIpc) is 2.37. The van der Waals surface area contributed by atoms with Crippen molar-refractivity contribution < 1.29 is 9.53 Å². The molecule has 0 spiro atoms. The van der Waals surface area contributed by atoms with Gasteiger partial charge in [0.2, 0.25) is 5.91 Å². The van der Waals surface area contributed by atoms with Crippen LogP contribution in [0, 0.1) is 5.92 Å². The van der Waals surface area contributed by atoms with Gasteiger partial charge in [-0.2, -0.15) is 0 Å². The second kappa shape index (κ2) is 7.10. The van der Waals surface area contributed by atoms with Gasteiger partial charge in [-0.1, -0.05) is 13.8 Å². The van der Waals surface area contributed by atoms with Crippen LogP contribution in [-0.4, -0.2) is 30.7 Å². The molecule has 0 bridgehead atoms. The molecule has 4 nitrogen and oxygen atoms in total. The molecule has 1 amide bonds. The molecule has 1 fully saturated rings. The Labute approximate surface area is 111 Å². The fourth-order valence-electron chi connectivity index (χ4n) is 2.14. The topological polar surface area (TPSA) is 64.3 Å². The first kappa shape index (κ1) is 15.4.